The van der Waals surface area contributed by atoms with E-state index in [-0.39, 0.29) is 0 Å². The zero-order chi connectivity index (χ0) is 46.5. The molecule has 3 aliphatic rings. The van der Waals surface area contributed by atoms with E-state index in [2.05, 4.69) is 16.0 Å². The van der Waals surface area contributed by atoms with Crippen molar-refractivity contribution in [1.29, 1.82) is 0 Å². The number of ether oxygens (including phenoxy) is 5. The van der Waals surface area contributed by atoms with Crippen LogP contribution in [0.15, 0.2) is 0 Å². The van der Waals surface area contributed by atoms with Crippen LogP contribution in [0.5, 0.6) is 0 Å². The van der Waals surface area contributed by atoms with Crippen molar-refractivity contribution in [3.63, 3.8) is 0 Å². The lowest BCUT2D eigenvalue weighted by Gasteiger charge is -2.50. The maximum absolute atomic E-state index is 13.0. The number of carbonyl (C=O) groups is 6. The number of hydrogen-bond acceptors (Lipinski definition) is 22. The number of hydrogen-bond donors (Lipinski definition) is 17. The lowest BCUT2D eigenvalue weighted by Crippen LogP contribution is -2.71. The molecule has 61 heavy (non-hydrogen) atoms. The number of nitrogens with one attached hydrogen (secondary N) is 3. The largest absolute Gasteiger partial charge is 0.477 e. The summed E-state index contributed by atoms with van der Waals surface area (Å²) in [6.45, 7) is -1.20. The maximum atomic E-state index is 13.0. The van der Waals surface area contributed by atoms with E-state index in [0.29, 0.717) is 0 Å². The average molecular weight is 892 g/mol. The second-order valence-corrected chi connectivity index (χ2v) is 14.8. The summed E-state index contributed by atoms with van der Waals surface area (Å²) in [5.74, 6) is -18.9. The summed E-state index contributed by atoms with van der Waals surface area (Å²) >= 11 is 0. The normalized spacial score (nSPS) is 37.2. The highest BCUT2D eigenvalue weighted by Crippen LogP contribution is 2.39. The van der Waals surface area contributed by atoms with Gasteiger partial charge in [0.2, 0.25) is 17.7 Å². The molecular weight excluding hydrogens is 838 g/mol. The predicted molar refractivity (Wildman–Crippen MR) is 188 cm³/mol. The molecule has 0 aromatic heterocycles. The first-order chi connectivity index (χ1) is 28.2. The summed E-state index contributed by atoms with van der Waals surface area (Å²) in [7, 11) is 0. The minimum atomic E-state index is -3.35. The van der Waals surface area contributed by atoms with Gasteiger partial charge in [0.25, 0.3) is 17.4 Å². The number of aliphatic hydroxyl groups excluding tert-OH is 10. The van der Waals surface area contributed by atoms with E-state index in [9.17, 15) is 100 Å². The van der Waals surface area contributed by atoms with Crippen LogP contribution in [0.2, 0.25) is 0 Å². The molecule has 17 N–H and O–H groups in total. The van der Waals surface area contributed by atoms with Crippen LogP contribution in [0.25, 0.3) is 0 Å². The smallest absolute Gasteiger partial charge is 0.364 e. The molecule has 3 saturated heterocycles. The van der Waals surface area contributed by atoms with Gasteiger partial charge in [-0.1, -0.05) is 0 Å². The van der Waals surface area contributed by atoms with Crippen LogP contribution in [0.1, 0.15) is 40.0 Å². The van der Waals surface area contributed by atoms with Gasteiger partial charge in [-0.05, 0) is 0 Å². The van der Waals surface area contributed by atoms with Crippen LogP contribution in [-0.2, 0) is 52.5 Å². The Morgan fingerprint density at radius 1 is 0.557 bits per heavy atom. The Kier molecular flexibility index (Phi) is 17.4. The third-order valence-corrected chi connectivity index (χ3v) is 10.2. The van der Waals surface area contributed by atoms with Gasteiger partial charge in [0, 0.05) is 40.0 Å². The van der Waals surface area contributed by atoms with Crippen molar-refractivity contribution in [3.8, 4) is 0 Å². The number of rotatable bonds is 19. The van der Waals surface area contributed by atoms with Gasteiger partial charge in [0.05, 0.1) is 56.3 Å². The van der Waals surface area contributed by atoms with Crippen molar-refractivity contribution in [3.05, 3.63) is 0 Å². The fourth-order valence-corrected chi connectivity index (χ4v) is 7.32. The third-order valence-electron chi connectivity index (χ3n) is 10.2. The Labute approximate surface area is 344 Å². The molecule has 0 aliphatic carbocycles. The van der Waals surface area contributed by atoms with Crippen molar-refractivity contribution in [1.82, 2.24) is 16.0 Å². The number of carbonyl (C=O) groups excluding carboxylic acids is 3. The highest BCUT2D eigenvalue weighted by atomic mass is 16.8. The molecule has 0 spiro atoms. The second-order valence-electron chi connectivity index (χ2n) is 14.8. The SMILES string of the molecule is CC(=O)N[C@H]1[C@H]([C@H](O)[C@H](O)CO)O[C@@](O[C@H](CO)[C@@H](O)[C@@H]2O[C@@](O[C@H](CO)[C@@H](O)[C@@H]3OC(O)(C(=O)O)C[C@H](O)[C@H]3NC(C)=O)(C(=O)O)C[C@H](O)[C@H]2NC(C)=O)(C(=O)O)C[C@@H]1O. The molecule has 3 rings (SSSR count). The van der Waals surface area contributed by atoms with Gasteiger partial charge in [-0.3, -0.25) is 14.4 Å². The molecule has 28 nitrogen and oxygen atoms in total. The molecule has 3 amide bonds. The lowest BCUT2D eigenvalue weighted by molar-refractivity contribution is -0.356. The van der Waals surface area contributed by atoms with Crippen molar-refractivity contribution in [2.24, 2.45) is 0 Å². The lowest BCUT2D eigenvalue weighted by atomic mass is 9.86. The van der Waals surface area contributed by atoms with Crippen LogP contribution >= 0.6 is 0 Å². The number of aliphatic carboxylic acids is 3. The molecule has 1 unspecified atom stereocenters. The molecule has 3 fully saturated rings. The Bertz CT molecular complexity index is 1590. The standard InChI is InChI=1S/C33H53N3O25/c1-10(40)34-19-13(43)4-31(56,28(50)51)59-26(19)23(48)17(8-38)57-33(30(54)55)6-15(45)21(36-12(3)42)27(61-33)24(49)18(9-39)58-32(29(52)53)5-14(44)20(35-11(2)41)25(60-32)22(47)16(46)7-37/h13-27,37-39,43-49,56H,4-9H2,1-3H3,(H,34,40)(H,35,41)(H,36,42)(H,50,51)(H,52,53)(H,54,55)/t13-,14-,15-,16+,17+,18+,19+,20+,21+,22+,23+,24+,25+,26+,27+,31?,32+,33+/m0/s1. The Morgan fingerprint density at radius 2 is 0.885 bits per heavy atom. The predicted octanol–water partition coefficient (Wildman–Crippen LogP) is -9.52. The van der Waals surface area contributed by atoms with Crippen molar-refractivity contribution in [2.45, 2.75) is 149 Å². The van der Waals surface area contributed by atoms with Crippen molar-refractivity contribution in [2.75, 3.05) is 19.8 Å². The molecule has 3 heterocycles. The molecule has 350 valence electrons. The number of amides is 3. The molecule has 28 heteroatoms. The van der Waals surface area contributed by atoms with E-state index in [1.807, 2.05) is 0 Å². The highest BCUT2D eigenvalue weighted by molar-refractivity contribution is 5.78. The van der Waals surface area contributed by atoms with E-state index >= 15 is 0 Å². The maximum Gasteiger partial charge on any atom is 0.364 e. The first kappa shape index (κ1) is 51.5. The van der Waals surface area contributed by atoms with E-state index in [1.165, 1.54) is 0 Å². The summed E-state index contributed by atoms with van der Waals surface area (Å²) in [5, 5.41) is 155. The van der Waals surface area contributed by atoms with Crippen LogP contribution in [0.4, 0.5) is 0 Å². The van der Waals surface area contributed by atoms with Gasteiger partial charge in [-0.25, -0.2) is 14.4 Å². The van der Waals surface area contributed by atoms with Crippen LogP contribution in [0.3, 0.4) is 0 Å². The number of carboxylic acid groups (broad SMARTS) is 3. The van der Waals surface area contributed by atoms with Gasteiger partial charge in [-0.2, -0.15) is 0 Å². The zero-order valence-corrected chi connectivity index (χ0v) is 32.7. The zero-order valence-electron chi connectivity index (χ0n) is 32.7. The fourth-order valence-electron chi connectivity index (χ4n) is 7.32. The molecule has 0 aromatic carbocycles. The van der Waals surface area contributed by atoms with Gasteiger partial charge < -0.3 is 111 Å². The summed E-state index contributed by atoms with van der Waals surface area (Å²) < 4.78 is 27.3. The van der Waals surface area contributed by atoms with Crippen LogP contribution in [-0.4, -0.2) is 236 Å². The first-order valence-electron chi connectivity index (χ1n) is 18.5. The molecule has 0 radical (unpaired) electrons. The van der Waals surface area contributed by atoms with E-state index < -0.39 is 183 Å². The second kappa shape index (κ2) is 20.6. The van der Waals surface area contributed by atoms with E-state index in [4.69, 9.17) is 23.7 Å². The molecular formula is C33H53N3O25. The van der Waals surface area contributed by atoms with Crippen molar-refractivity contribution >= 4 is 35.6 Å². The van der Waals surface area contributed by atoms with Gasteiger partial charge in [-0.15, -0.1) is 0 Å². The monoisotopic (exact) mass is 891 g/mol. The van der Waals surface area contributed by atoms with Gasteiger partial charge in [0.15, 0.2) is 0 Å². The summed E-state index contributed by atoms with van der Waals surface area (Å²) in [6, 6.07) is -5.34. The number of aliphatic hydroxyl groups is 11. The fraction of sp³-hybridized carbons (Fsp3) is 0.818. The Balaban J connectivity index is 2.08. The first-order valence-corrected chi connectivity index (χ1v) is 18.5. The van der Waals surface area contributed by atoms with Crippen LogP contribution in [0, 0.1) is 0 Å². The third kappa shape index (κ3) is 11.4. The molecule has 3 aliphatic heterocycles. The summed E-state index contributed by atoms with van der Waals surface area (Å²) in [6.07, 6.45) is -30.5. The minimum Gasteiger partial charge on any atom is -0.477 e. The van der Waals surface area contributed by atoms with Crippen LogP contribution < -0.4 is 16.0 Å². The number of carboxylic acids is 3. The van der Waals surface area contributed by atoms with E-state index in [1.54, 1.807) is 0 Å². The van der Waals surface area contributed by atoms with E-state index in [0.717, 1.165) is 20.8 Å². The topological polar surface area (TPSA) is 468 Å². The van der Waals surface area contributed by atoms with Gasteiger partial charge >= 0.3 is 17.9 Å². The van der Waals surface area contributed by atoms with Gasteiger partial charge in [0.1, 0.15) is 54.9 Å². The Hall–Kier alpha value is -3.82. The summed E-state index contributed by atoms with van der Waals surface area (Å²) in [4.78, 5) is 73.8. The Morgan fingerprint density at radius 3 is 1.18 bits per heavy atom. The van der Waals surface area contributed by atoms with Crippen molar-refractivity contribution < 1.29 is 124 Å². The minimum absolute atomic E-state index is 0.842. The quantitative estimate of drug-likeness (QED) is 0.0572. The molecule has 0 bridgehead atoms. The molecule has 18 atom stereocenters. The highest BCUT2D eigenvalue weighted by Gasteiger charge is 2.62. The average Bonchev–Trinajstić information content (AvgIpc) is 3.17. The molecule has 0 saturated carbocycles. The molecule has 0 aromatic rings. The summed E-state index contributed by atoms with van der Waals surface area (Å²) in [5.41, 5.74) is 0.